The number of rotatable bonds is 7. The van der Waals surface area contributed by atoms with Crippen LogP contribution in [-0.2, 0) is 25.5 Å². The van der Waals surface area contributed by atoms with Crippen molar-refractivity contribution < 1.29 is 23.9 Å². The van der Waals surface area contributed by atoms with Crippen molar-refractivity contribution in [3.63, 3.8) is 0 Å². The van der Waals surface area contributed by atoms with E-state index in [0.29, 0.717) is 12.0 Å². The molecule has 2 fully saturated rings. The van der Waals surface area contributed by atoms with E-state index in [2.05, 4.69) is 12.2 Å². The van der Waals surface area contributed by atoms with Crippen LogP contribution in [0.3, 0.4) is 0 Å². The zero-order valence-corrected chi connectivity index (χ0v) is 18.9. The molecular formula is C28H28O5. The van der Waals surface area contributed by atoms with Gasteiger partial charge in [0.05, 0.1) is 25.6 Å². The molecule has 33 heavy (non-hydrogen) atoms. The van der Waals surface area contributed by atoms with Gasteiger partial charge in [-0.25, -0.2) is 0 Å². The largest absolute Gasteiger partial charge is 0.469 e. The van der Waals surface area contributed by atoms with Crippen molar-refractivity contribution >= 4 is 17.7 Å². The van der Waals surface area contributed by atoms with Gasteiger partial charge >= 0.3 is 11.9 Å². The maximum atomic E-state index is 14.1. The predicted molar refractivity (Wildman–Crippen MR) is 122 cm³/mol. The van der Waals surface area contributed by atoms with Gasteiger partial charge in [0.25, 0.3) is 0 Å². The van der Waals surface area contributed by atoms with E-state index in [4.69, 9.17) is 9.47 Å². The van der Waals surface area contributed by atoms with Gasteiger partial charge in [-0.3, -0.25) is 14.4 Å². The van der Waals surface area contributed by atoms with Gasteiger partial charge in [-0.2, -0.15) is 0 Å². The van der Waals surface area contributed by atoms with Gasteiger partial charge in [0.2, 0.25) is 0 Å². The minimum Gasteiger partial charge on any atom is -0.469 e. The first kappa shape index (κ1) is 21.6. The van der Waals surface area contributed by atoms with E-state index in [9.17, 15) is 14.4 Å². The Kier molecular flexibility index (Phi) is 5.23. The molecule has 2 bridgehead atoms. The molecule has 5 atom stereocenters. The van der Waals surface area contributed by atoms with Crippen LogP contribution in [-0.4, -0.2) is 31.9 Å². The van der Waals surface area contributed by atoms with Crippen LogP contribution in [0.4, 0.5) is 0 Å². The molecule has 5 heteroatoms. The quantitative estimate of drug-likeness (QED) is 0.362. The number of ketones is 1. The van der Waals surface area contributed by atoms with E-state index in [0.717, 1.165) is 18.4 Å². The summed E-state index contributed by atoms with van der Waals surface area (Å²) in [5.41, 5.74) is -0.0170. The number of esters is 2. The Labute approximate surface area is 193 Å². The minimum absolute atomic E-state index is 0.129. The summed E-state index contributed by atoms with van der Waals surface area (Å²) in [6.07, 6.45) is 6.32. The number of carbonyl (C=O) groups excluding carboxylic acids is 3. The minimum atomic E-state index is -1.32. The molecule has 2 saturated carbocycles. The summed E-state index contributed by atoms with van der Waals surface area (Å²) < 4.78 is 10.7. The molecule has 0 radical (unpaired) electrons. The van der Waals surface area contributed by atoms with Crippen LogP contribution in [0.15, 0.2) is 72.8 Å². The average Bonchev–Trinajstić information content (AvgIpc) is 3.54. The highest BCUT2D eigenvalue weighted by molar-refractivity contribution is 6.03. The van der Waals surface area contributed by atoms with Crippen LogP contribution in [0, 0.1) is 34.5 Å². The fourth-order valence-corrected chi connectivity index (χ4v) is 6.79. The SMILES string of the molecule is COC(=O)C1C2C=CC(C23CC3)C1(C(=O)OC)C(Cc1ccccc1)C(=O)c1ccccc1. The summed E-state index contributed by atoms with van der Waals surface area (Å²) in [5, 5.41) is 0. The number of allylic oxidation sites excluding steroid dienone is 2. The monoisotopic (exact) mass is 444 g/mol. The summed E-state index contributed by atoms with van der Waals surface area (Å²) in [6.45, 7) is 0. The Morgan fingerprint density at radius 3 is 2.12 bits per heavy atom. The highest BCUT2D eigenvalue weighted by atomic mass is 16.5. The number of benzene rings is 2. The summed E-state index contributed by atoms with van der Waals surface area (Å²) in [6, 6.07) is 18.7. The number of hydrogen-bond acceptors (Lipinski definition) is 5. The van der Waals surface area contributed by atoms with E-state index < -0.39 is 29.2 Å². The number of ether oxygens (including phenoxy) is 2. The van der Waals surface area contributed by atoms with Crippen molar-refractivity contribution in [2.45, 2.75) is 19.3 Å². The van der Waals surface area contributed by atoms with Crippen LogP contribution in [0.2, 0.25) is 0 Å². The smallest absolute Gasteiger partial charge is 0.314 e. The summed E-state index contributed by atoms with van der Waals surface area (Å²) in [7, 11) is 2.70. The summed E-state index contributed by atoms with van der Waals surface area (Å²) >= 11 is 0. The van der Waals surface area contributed by atoms with Crippen LogP contribution in [0.1, 0.15) is 28.8 Å². The molecule has 1 spiro atoms. The first-order valence-corrected chi connectivity index (χ1v) is 11.5. The number of hydrogen-bond donors (Lipinski definition) is 0. The highest BCUT2D eigenvalue weighted by Gasteiger charge is 2.79. The lowest BCUT2D eigenvalue weighted by molar-refractivity contribution is -0.171. The lowest BCUT2D eigenvalue weighted by Crippen LogP contribution is -2.54. The third-order valence-electron chi connectivity index (χ3n) is 8.24. The van der Waals surface area contributed by atoms with Gasteiger partial charge in [-0.05, 0) is 36.2 Å². The van der Waals surface area contributed by atoms with E-state index >= 15 is 0 Å². The van der Waals surface area contributed by atoms with Gasteiger partial charge in [-0.1, -0.05) is 72.8 Å². The Balaban J connectivity index is 1.73. The number of carbonyl (C=O) groups is 3. The molecule has 2 aromatic carbocycles. The molecule has 0 N–H and O–H groups in total. The second kappa shape index (κ2) is 7.98. The van der Waals surface area contributed by atoms with Crippen molar-refractivity contribution in [1.82, 2.24) is 0 Å². The Morgan fingerprint density at radius 1 is 0.909 bits per heavy atom. The van der Waals surface area contributed by atoms with Gasteiger partial charge in [-0.15, -0.1) is 0 Å². The van der Waals surface area contributed by atoms with E-state index in [-0.39, 0.29) is 23.0 Å². The average molecular weight is 445 g/mol. The van der Waals surface area contributed by atoms with E-state index in [1.807, 2.05) is 48.5 Å². The van der Waals surface area contributed by atoms with E-state index in [1.54, 1.807) is 12.1 Å². The van der Waals surface area contributed by atoms with Crippen molar-refractivity contribution in [3.8, 4) is 0 Å². The Hall–Kier alpha value is -3.21. The van der Waals surface area contributed by atoms with E-state index in [1.165, 1.54) is 14.2 Å². The van der Waals surface area contributed by atoms with Gasteiger partial charge < -0.3 is 9.47 Å². The fourth-order valence-electron chi connectivity index (χ4n) is 6.79. The molecule has 0 aliphatic heterocycles. The highest BCUT2D eigenvalue weighted by Crippen LogP contribution is 2.78. The zero-order chi connectivity index (χ0) is 23.2. The topological polar surface area (TPSA) is 69.7 Å². The van der Waals surface area contributed by atoms with Crippen LogP contribution >= 0.6 is 0 Å². The predicted octanol–water partition coefficient (Wildman–Crippen LogP) is 4.27. The molecule has 5 unspecified atom stereocenters. The van der Waals surface area contributed by atoms with Gasteiger partial charge in [0, 0.05) is 17.4 Å². The van der Waals surface area contributed by atoms with Crippen LogP contribution in [0.25, 0.3) is 0 Å². The van der Waals surface area contributed by atoms with Crippen molar-refractivity contribution in [2.75, 3.05) is 14.2 Å². The van der Waals surface area contributed by atoms with Crippen molar-refractivity contribution in [1.29, 1.82) is 0 Å². The first-order valence-electron chi connectivity index (χ1n) is 11.5. The second-order valence-electron chi connectivity index (χ2n) is 9.52. The molecule has 0 aromatic heterocycles. The fraction of sp³-hybridized carbons (Fsp3) is 0.393. The maximum Gasteiger partial charge on any atom is 0.314 e. The normalized spacial score (nSPS) is 29.0. The lowest BCUT2D eigenvalue weighted by Gasteiger charge is -2.43. The molecule has 170 valence electrons. The maximum absolute atomic E-state index is 14.1. The van der Waals surface area contributed by atoms with Crippen LogP contribution in [0.5, 0.6) is 0 Å². The lowest BCUT2D eigenvalue weighted by atomic mass is 9.57. The third-order valence-corrected chi connectivity index (χ3v) is 8.24. The molecule has 3 aliphatic carbocycles. The molecule has 0 heterocycles. The zero-order valence-electron chi connectivity index (χ0n) is 18.9. The Morgan fingerprint density at radius 2 is 1.55 bits per heavy atom. The van der Waals surface area contributed by atoms with Gasteiger partial charge in [0.15, 0.2) is 5.78 Å². The van der Waals surface area contributed by atoms with Crippen molar-refractivity contribution in [2.24, 2.45) is 34.5 Å². The molecule has 5 rings (SSSR count). The molecule has 0 saturated heterocycles. The molecular weight excluding hydrogens is 416 g/mol. The third kappa shape index (κ3) is 3.01. The summed E-state index contributed by atoms with van der Waals surface area (Å²) in [5.74, 6) is -2.97. The number of Topliss-reactive ketones (excluding diaryl/α,β-unsaturated/α-hetero) is 1. The molecule has 3 aliphatic rings. The Bertz CT molecular complexity index is 1100. The molecule has 0 amide bonds. The van der Waals surface area contributed by atoms with Crippen LogP contribution < -0.4 is 0 Å². The first-order chi connectivity index (χ1) is 16.0. The number of methoxy groups -OCH3 is 2. The standard InChI is InChI=1S/C28H28O5/c1-32-25(30)23-20-13-14-22(27(20)15-16-27)28(23,26(31)33-2)21(17-18-9-5-3-6-10-18)24(29)19-11-7-4-8-12-19/h3-14,20-23H,15-17H2,1-2H3. The summed E-state index contributed by atoms with van der Waals surface area (Å²) in [4.78, 5) is 41.3. The van der Waals surface area contributed by atoms with Gasteiger partial charge in [0.1, 0.15) is 0 Å². The molecule has 5 nitrogen and oxygen atoms in total. The molecule has 2 aromatic rings. The van der Waals surface area contributed by atoms with Crippen molar-refractivity contribution in [3.05, 3.63) is 83.9 Å². The second-order valence-corrected chi connectivity index (χ2v) is 9.52.